The highest BCUT2D eigenvalue weighted by Gasteiger charge is 2.25. The van der Waals surface area contributed by atoms with E-state index in [4.69, 9.17) is 9.84 Å². The van der Waals surface area contributed by atoms with Crippen molar-refractivity contribution >= 4 is 0 Å². The van der Waals surface area contributed by atoms with Gasteiger partial charge in [-0.1, -0.05) is 6.92 Å². The van der Waals surface area contributed by atoms with Gasteiger partial charge in [-0.05, 0) is 36.3 Å². The predicted molar refractivity (Wildman–Crippen MR) is 57.5 cm³/mol. The zero-order valence-corrected chi connectivity index (χ0v) is 9.02. The summed E-state index contributed by atoms with van der Waals surface area (Å²) in [7, 11) is 0. The molecule has 1 N–H and O–H groups in total. The minimum Gasteiger partial charge on any atom is -0.477 e. The molecule has 0 saturated heterocycles. The predicted octanol–water partition coefficient (Wildman–Crippen LogP) is 2.00. The molecule has 3 heteroatoms. The third-order valence-corrected chi connectivity index (χ3v) is 2.92. The molecule has 0 radical (unpaired) electrons. The van der Waals surface area contributed by atoms with Gasteiger partial charge in [0.25, 0.3) is 0 Å². The Morgan fingerprint density at radius 2 is 2.27 bits per heavy atom. The molecule has 0 atom stereocenters. The van der Waals surface area contributed by atoms with E-state index in [-0.39, 0.29) is 6.61 Å². The normalized spacial score (nSPS) is 24.7. The van der Waals surface area contributed by atoms with Crippen LogP contribution in [0.4, 0.5) is 0 Å². The molecule has 3 nitrogen and oxygen atoms in total. The molecule has 0 unspecified atom stereocenters. The van der Waals surface area contributed by atoms with E-state index in [9.17, 15) is 0 Å². The summed E-state index contributed by atoms with van der Waals surface area (Å²) in [5, 5.41) is 8.84. The Labute approximate surface area is 90.1 Å². The SMILES string of the molecule is CC1CC(COc2ccc(CO)cn2)C1. The van der Waals surface area contributed by atoms with Gasteiger partial charge >= 0.3 is 0 Å². The van der Waals surface area contributed by atoms with E-state index in [0.717, 1.165) is 18.1 Å². The van der Waals surface area contributed by atoms with Gasteiger partial charge in [-0.25, -0.2) is 4.98 Å². The van der Waals surface area contributed by atoms with Crippen molar-refractivity contribution in [1.82, 2.24) is 4.98 Å². The second-order valence-corrected chi connectivity index (χ2v) is 4.42. The van der Waals surface area contributed by atoms with E-state index in [1.54, 1.807) is 6.20 Å². The van der Waals surface area contributed by atoms with Gasteiger partial charge in [0.1, 0.15) is 0 Å². The van der Waals surface area contributed by atoms with Crippen LogP contribution in [-0.2, 0) is 6.61 Å². The van der Waals surface area contributed by atoms with Crippen LogP contribution in [0.5, 0.6) is 5.88 Å². The molecule has 0 bridgehead atoms. The van der Waals surface area contributed by atoms with E-state index in [0.29, 0.717) is 11.8 Å². The largest absolute Gasteiger partial charge is 0.477 e. The highest BCUT2D eigenvalue weighted by atomic mass is 16.5. The number of nitrogens with zero attached hydrogens (tertiary/aromatic N) is 1. The number of hydrogen-bond acceptors (Lipinski definition) is 3. The maximum Gasteiger partial charge on any atom is 0.213 e. The number of hydrogen-bond donors (Lipinski definition) is 1. The van der Waals surface area contributed by atoms with Crippen molar-refractivity contribution in [3.05, 3.63) is 23.9 Å². The fourth-order valence-corrected chi connectivity index (χ4v) is 2.00. The number of aromatic nitrogens is 1. The first kappa shape index (κ1) is 10.4. The summed E-state index contributed by atoms with van der Waals surface area (Å²) >= 11 is 0. The molecular weight excluding hydrogens is 190 g/mol. The summed E-state index contributed by atoms with van der Waals surface area (Å²) in [5.74, 6) is 2.23. The summed E-state index contributed by atoms with van der Waals surface area (Å²) < 4.78 is 5.56. The molecule has 1 aromatic rings. The van der Waals surface area contributed by atoms with Crippen molar-refractivity contribution in [3.63, 3.8) is 0 Å². The molecule has 1 fully saturated rings. The van der Waals surface area contributed by atoms with E-state index >= 15 is 0 Å². The van der Waals surface area contributed by atoms with Crippen LogP contribution in [-0.4, -0.2) is 16.7 Å². The van der Waals surface area contributed by atoms with Crippen LogP contribution < -0.4 is 4.74 Å². The third kappa shape index (κ3) is 2.69. The van der Waals surface area contributed by atoms with Crippen molar-refractivity contribution in [3.8, 4) is 5.88 Å². The van der Waals surface area contributed by atoms with E-state index in [1.165, 1.54) is 12.8 Å². The lowest BCUT2D eigenvalue weighted by Gasteiger charge is -2.32. The Morgan fingerprint density at radius 1 is 1.47 bits per heavy atom. The zero-order chi connectivity index (χ0) is 10.7. The maximum absolute atomic E-state index is 8.84. The summed E-state index contributed by atoms with van der Waals surface area (Å²) in [6.45, 7) is 3.08. The first-order chi connectivity index (χ1) is 7.28. The average molecular weight is 207 g/mol. The molecule has 82 valence electrons. The van der Waals surface area contributed by atoms with Gasteiger partial charge in [0.2, 0.25) is 5.88 Å². The zero-order valence-electron chi connectivity index (χ0n) is 9.02. The molecule has 0 spiro atoms. The quantitative estimate of drug-likeness (QED) is 0.821. The van der Waals surface area contributed by atoms with Crippen LogP contribution in [0.25, 0.3) is 0 Å². The molecule has 0 aliphatic heterocycles. The van der Waals surface area contributed by atoms with Gasteiger partial charge in [-0.15, -0.1) is 0 Å². The highest BCUT2D eigenvalue weighted by Crippen LogP contribution is 2.33. The van der Waals surface area contributed by atoms with Gasteiger partial charge in [0.15, 0.2) is 0 Å². The molecule has 1 aromatic heterocycles. The average Bonchev–Trinajstić information content (AvgIpc) is 2.23. The summed E-state index contributed by atoms with van der Waals surface area (Å²) in [6, 6.07) is 3.65. The fraction of sp³-hybridized carbons (Fsp3) is 0.583. The van der Waals surface area contributed by atoms with Gasteiger partial charge in [0, 0.05) is 12.3 Å². The lowest BCUT2D eigenvalue weighted by atomic mass is 9.77. The minimum absolute atomic E-state index is 0.0351. The van der Waals surface area contributed by atoms with Crippen molar-refractivity contribution < 1.29 is 9.84 Å². The van der Waals surface area contributed by atoms with E-state index < -0.39 is 0 Å². The van der Waals surface area contributed by atoms with Crippen LogP contribution in [0, 0.1) is 11.8 Å². The smallest absolute Gasteiger partial charge is 0.213 e. The monoisotopic (exact) mass is 207 g/mol. The standard InChI is InChI=1S/C12H17NO2/c1-9-4-11(5-9)8-15-12-3-2-10(7-14)6-13-12/h2-3,6,9,11,14H,4-5,7-8H2,1H3. The first-order valence-electron chi connectivity index (χ1n) is 5.46. The summed E-state index contributed by atoms with van der Waals surface area (Å²) in [6.07, 6.45) is 4.20. The van der Waals surface area contributed by atoms with Crippen molar-refractivity contribution in [2.75, 3.05) is 6.61 Å². The number of rotatable bonds is 4. The Morgan fingerprint density at radius 3 is 2.80 bits per heavy atom. The molecular formula is C12H17NO2. The van der Waals surface area contributed by atoms with E-state index in [2.05, 4.69) is 11.9 Å². The first-order valence-corrected chi connectivity index (χ1v) is 5.46. The van der Waals surface area contributed by atoms with Crippen LogP contribution >= 0.6 is 0 Å². The van der Waals surface area contributed by atoms with Crippen LogP contribution in [0.15, 0.2) is 18.3 Å². The Hall–Kier alpha value is -1.09. The lowest BCUT2D eigenvalue weighted by Crippen LogP contribution is -2.26. The molecule has 15 heavy (non-hydrogen) atoms. The van der Waals surface area contributed by atoms with Crippen molar-refractivity contribution in [2.45, 2.75) is 26.4 Å². The maximum atomic E-state index is 8.84. The van der Waals surface area contributed by atoms with Gasteiger partial charge in [-0.2, -0.15) is 0 Å². The molecule has 1 aliphatic rings. The van der Waals surface area contributed by atoms with Gasteiger partial charge in [-0.3, -0.25) is 0 Å². The van der Waals surface area contributed by atoms with Crippen molar-refractivity contribution in [2.24, 2.45) is 11.8 Å². The van der Waals surface area contributed by atoms with Gasteiger partial charge in [0.05, 0.1) is 13.2 Å². The highest BCUT2D eigenvalue weighted by molar-refractivity contribution is 5.17. The Kier molecular flexibility index (Phi) is 3.21. The number of ether oxygens (including phenoxy) is 1. The van der Waals surface area contributed by atoms with Crippen molar-refractivity contribution in [1.29, 1.82) is 0 Å². The van der Waals surface area contributed by atoms with Crippen LogP contribution in [0.3, 0.4) is 0 Å². The molecule has 0 aromatic carbocycles. The van der Waals surface area contributed by atoms with E-state index in [1.807, 2.05) is 12.1 Å². The Balaban J connectivity index is 1.78. The van der Waals surface area contributed by atoms with Crippen LogP contribution in [0.1, 0.15) is 25.3 Å². The van der Waals surface area contributed by atoms with Crippen LogP contribution in [0.2, 0.25) is 0 Å². The third-order valence-electron chi connectivity index (χ3n) is 2.92. The molecule has 1 saturated carbocycles. The summed E-state index contributed by atoms with van der Waals surface area (Å²) in [4.78, 5) is 4.12. The summed E-state index contributed by atoms with van der Waals surface area (Å²) in [5.41, 5.74) is 0.819. The lowest BCUT2D eigenvalue weighted by molar-refractivity contribution is 0.127. The molecule has 1 heterocycles. The molecule has 1 aliphatic carbocycles. The topological polar surface area (TPSA) is 42.4 Å². The number of pyridine rings is 1. The molecule has 0 amide bonds. The number of aliphatic hydroxyl groups excluding tert-OH is 1. The van der Waals surface area contributed by atoms with Gasteiger partial charge < -0.3 is 9.84 Å². The minimum atomic E-state index is 0.0351. The molecule has 2 rings (SSSR count). The number of aliphatic hydroxyl groups is 1. The second-order valence-electron chi connectivity index (χ2n) is 4.42. The second kappa shape index (κ2) is 4.62. The fourth-order valence-electron chi connectivity index (χ4n) is 2.00. The Bertz CT molecular complexity index is 304.